The van der Waals surface area contributed by atoms with Gasteiger partial charge >= 0.3 is 0 Å². The molecule has 5 nitrogen and oxygen atoms in total. The number of ether oxygens (including phenoxy) is 1. The molecule has 20 heavy (non-hydrogen) atoms. The van der Waals surface area contributed by atoms with E-state index in [0.29, 0.717) is 11.9 Å². The molecule has 1 aromatic carbocycles. The second-order valence-electron chi connectivity index (χ2n) is 5.54. The van der Waals surface area contributed by atoms with E-state index in [1.807, 2.05) is 24.3 Å². The van der Waals surface area contributed by atoms with Crippen LogP contribution < -0.4 is 5.32 Å². The van der Waals surface area contributed by atoms with Crippen LogP contribution in [0.1, 0.15) is 27.2 Å². The van der Waals surface area contributed by atoms with Gasteiger partial charge in [-0.15, -0.1) is 10.2 Å². The maximum atomic E-state index is 5.46. The van der Waals surface area contributed by atoms with Gasteiger partial charge in [0.15, 0.2) is 0 Å². The number of benzene rings is 1. The molecule has 1 aromatic heterocycles. The molecule has 1 atom stereocenters. The van der Waals surface area contributed by atoms with Crippen molar-refractivity contribution in [2.45, 2.75) is 38.8 Å². The Balaban J connectivity index is 2.05. The van der Waals surface area contributed by atoms with E-state index in [4.69, 9.17) is 9.15 Å². The Morgan fingerprint density at radius 1 is 1.40 bits per heavy atom. The molecule has 0 amide bonds. The summed E-state index contributed by atoms with van der Waals surface area (Å²) < 4.78 is 10.7. The Bertz CT molecular complexity index is 538. The number of anilines is 1. The van der Waals surface area contributed by atoms with Gasteiger partial charge in [0.05, 0.1) is 5.60 Å². The first-order valence-electron chi connectivity index (χ1n) is 6.68. The zero-order valence-electron chi connectivity index (χ0n) is 12.4. The minimum absolute atomic E-state index is 0.142. The van der Waals surface area contributed by atoms with E-state index < -0.39 is 0 Å². The van der Waals surface area contributed by atoms with Crippen molar-refractivity contribution in [3.63, 3.8) is 0 Å². The summed E-state index contributed by atoms with van der Waals surface area (Å²) in [5.41, 5.74) is 1.79. The summed E-state index contributed by atoms with van der Waals surface area (Å²) in [7, 11) is 1.74. The van der Waals surface area contributed by atoms with Gasteiger partial charge in [-0.1, -0.05) is 6.07 Å². The zero-order valence-corrected chi connectivity index (χ0v) is 12.4. The molecule has 2 rings (SSSR count). The molecule has 1 unspecified atom stereocenters. The maximum absolute atomic E-state index is 5.46. The lowest BCUT2D eigenvalue weighted by atomic mass is 9.99. The molecule has 0 aliphatic carbocycles. The number of rotatable bonds is 6. The molecule has 0 saturated carbocycles. The quantitative estimate of drug-likeness (QED) is 0.876. The van der Waals surface area contributed by atoms with Crippen LogP contribution in [0.15, 0.2) is 35.1 Å². The van der Waals surface area contributed by atoms with E-state index in [1.54, 1.807) is 7.11 Å². The van der Waals surface area contributed by atoms with Gasteiger partial charge in [-0.05, 0) is 45.4 Å². The van der Waals surface area contributed by atoms with Crippen molar-refractivity contribution in [1.29, 1.82) is 0 Å². The van der Waals surface area contributed by atoms with Crippen molar-refractivity contribution in [2.75, 3.05) is 12.4 Å². The smallest absolute Gasteiger partial charge is 0.247 e. The zero-order chi connectivity index (χ0) is 14.6. The lowest BCUT2D eigenvalue weighted by Gasteiger charge is -2.27. The van der Waals surface area contributed by atoms with E-state index in [0.717, 1.165) is 17.7 Å². The summed E-state index contributed by atoms with van der Waals surface area (Å²) in [5, 5.41) is 11.1. The maximum Gasteiger partial charge on any atom is 0.247 e. The predicted molar refractivity (Wildman–Crippen MR) is 78.5 cm³/mol. The van der Waals surface area contributed by atoms with Crippen molar-refractivity contribution >= 4 is 5.69 Å². The lowest BCUT2D eigenvalue weighted by molar-refractivity contribution is 0.0128. The first kappa shape index (κ1) is 14.5. The van der Waals surface area contributed by atoms with Crippen LogP contribution >= 0.6 is 0 Å². The number of hydrogen-bond acceptors (Lipinski definition) is 5. The summed E-state index contributed by atoms with van der Waals surface area (Å²) in [6, 6.07) is 8.24. The number of hydrogen-bond donors (Lipinski definition) is 1. The van der Waals surface area contributed by atoms with Gasteiger partial charge in [0.2, 0.25) is 12.3 Å². The van der Waals surface area contributed by atoms with Gasteiger partial charge < -0.3 is 14.5 Å². The topological polar surface area (TPSA) is 60.2 Å². The molecule has 0 aliphatic heterocycles. The minimum atomic E-state index is -0.142. The normalized spacial score (nSPS) is 13.2. The van der Waals surface area contributed by atoms with Crippen LogP contribution in [0.3, 0.4) is 0 Å². The van der Waals surface area contributed by atoms with Crippen LogP contribution in [-0.4, -0.2) is 29.0 Å². The summed E-state index contributed by atoms with van der Waals surface area (Å²) in [6.07, 6.45) is 2.24. The highest BCUT2D eigenvalue weighted by atomic mass is 16.5. The van der Waals surface area contributed by atoms with E-state index in [-0.39, 0.29) is 5.60 Å². The fourth-order valence-corrected chi connectivity index (χ4v) is 2.20. The van der Waals surface area contributed by atoms with Crippen LogP contribution in [0.25, 0.3) is 11.5 Å². The average Bonchev–Trinajstić information content (AvgIpc) is 2.92. The first-order valence-corrected chi connectivity index (χ1v) is 6.68. The summed E-state index contributed by atoms with van der Waals surface area (Å²) in [5.74, 6) is 0.526. The first-order chi connectivity index (χ1) is 9.50. The fourth-order valence-electron chi connectivity index (χ4n) is 2.20. The van der Waals surface area contributed by atoms with Crippen molar-refractivity contribution in [2.24, 2.45) is 0 Å². The third-order valence-corrected chi connectivity index (χ3v) is 3.23. The van der Waals surface area contributed by atoms with E-state index >= 15 is 0 Å². The molecule has 2 aromatic rings. The number of aromatic nitrogens is 2. The highest BCUT2D eigenvalue weighted by Gasteiger charge is 2.20. The highest BCUT2D eigenvalue weighted by molar-refractivity contribution is 5.61. The Hall–Kier alpha value is -1.88. The third kappa shape index (κ3) is 3.81. The van der Waals surface area contributed by atoms with Crippen molar-refractivity contribution < 1.29 is 9.15 Å². The molecule has 5 heteroatoms. The SMILES string of the molecule is COC(C)(C)CC(C)Nc1cccc(-c2nnco2)c1. The number of nitrogens with zero attached hydrogens (tertiary/aromatic N) is 2. The standard InChI is InChI=1S/C15H21N3O2/c1-11(9-15(2,3)19-4)17-13-7-5-6-12(8-13)14-18-16-10-20-14/h5-8,10-11,17H,9H2,1-4H3. The second-order valence-corrected chi connectivity index (χ2v) is 5.54. The van der Waals surface area contributed by atoms with Crippen LogP contribution in [0, 0.1) is 0 Å². The average molecular weight is 275 g/mol. The molecule has 1 heterocycles. The molecular formula is C15H21N3O2. The molecular weight excluding hydrogens is 254 g/mol. The molecule has 0 aliphatic rings. The van der Waals surface area contributed by atoms with Gasteiger partial charge in [-0.3, -0.25) is 0 Å². The molecule has 0 radical (unpaired) electrons. The molecule has 1 N–H and O–H groups in total. The van der Waals surface area contributed by atoms with Gasteiger partial charge in [-0.25, -0.2) is 0 Å². The Morgan fingerprint density at radius 3 is 2.85 bits per heavy atom. The van der Waals surface area contributed by atoms with Crippen LogP contribution in [0.2, 0.25) is 0 Å². The van der Waals surface area contributed by atoms with Crippen LogP contribution in [0.4, 0.5) is 5.69 Å². The van der Waals surface area contributed by atoms with Gasteiger partial charge in [0.25, 0.3) is 0 Å². The minimum Gasteiger partial charge on any atom is -0.423 e. The Morgan fingerprint density at radius 2 is 2.20 bits per heavy atom. The highest BCUT2D eigenvalue weighted by Crippen LogP contribution is 2.23. The molecule has 0 fully saturated rings. The van der Waals surface area contributed by atoms with Gasteiger partial charge in [0, 0.05) is 24.4 Å². The van der Waals surface area contributed by atoms with E-state index in [9.17, 15) is 0 Å². The molecule has 108 valence electrons. The number of methoxy groups -OCH3 is 1. The third-order valence-electron chi connectivity index (χ3n) is 3.23. The summed E-state index contributed by atoms with van der Waals surface area (Å²) in [4.78, 5) is 0. The van der Waals surface area contributed by atoms with Gasteiger partial charge in [-0.2, -0.15) is 0 Å². The lowest BCUT2D eigenvalue weighted by Crippen LogP contribution is -2.31. The Kier molecular flexibility index (Phi) is 4.39. The summed E-state index contributed by atoms with van der Waals surface area (Å²) >= 11 is 0. The largest absolute Gasteiger partial charge is 0.423 e. The number of nitrogens with one attached hydrogen (secondary N) is 1. The van der Waals surface area contributed by atoms with Crippen LogP contribution in [-0.2, 0) is 4.74 Å². The molecule has 0 spiro atoms. The van der Waals surface area contributed by atoms with E-state index in [2.05, 4.69) is 36.3 Å². The second kappa shape index (κ2) is 6.05. The molecule has 0 saturated heterocycles. The monoisotopic (exact) mass is 275 g/mol. The summed E-state index contributed by atoms with van der Waals surface area (Å²) in [6.45, 7) is 6.31. The van der Waals surface area contributed by atoms with Crippen LogP contribution in [0.5, 0.6) is 0 Å². The predicted octanol–water partition coefficient (Wildman–Crippen LogP) is 3.35. The van der Waals surface area contributed by atoms with Crippen molar-refractivity contribution in [3.05, 3.63) is 30.7 Å². The Labute approximate surface area is 119 Å². The van der Waals surface area contributed by atoms with Gasteiger partial charge in [0.1, 0.15) is 0 Å². The van der Waals surface area contributed by atoms with E-state index in [1.165, 1.54) is 6.39 Å². The van der Waals surface area contributed by atoms with Crippen molar-refractivity contribution in [1.82, 2.24) is 10.2 Å². The fraction of sp³-hybridized carbons (Fsp3) is 0.467. The van der Waals surface area contributed by atoms with Crippen molar-refractivity contribution in [3.8, 4) is 11.5 Å². The molecule has 0 bridgehead atoms.